The van der Waals surface area contributed by atoms with Gasteiger partial charge in [0.2, 0.25) is 5.91 Å². The number of carbonyl (C=O) groups excluding carboxylic acids is 1. The molecule has 5 heteroatoms. The summed E-state index contributed by atoms with van der Waals surface area (Å²) in [4.78, 5) is 15.2. The number of hydrogen-bond donors (Lipinski definition) is 3. The van der Waals surface area contributed by atoms with Crippen molar-refractivity contribution in [3.05, 3.63) is 35.4 Å². The highest BCUT2D eigenvalue weighted by atomic mass is 16.1. The van der Waals surface area contributed by atoms with Crippen LogP contribution in [-0.4, -0.2) is 25.5 Å². The quantitative estimate of drug-likeness (QED) is 0.410. The zero-order chi connectivity index (χ0) is 14.1. The Labute approximate surface area is 114 Å². The molecule has 0 saturated heterocycles. The molecule has 0 unspecified atom stereocenters. The minimum Gasteiger partial charge on any atom is -0.366 e. The van der Waals surface area contributed by atoms with Crippen molar-refractivity contribution in [2.45, 2.75) is 26.3 Å². The summed E-state index contributed by atoms with van der Waals surface area (Å²) in [6, 6.07) is 7.26. The Bertz CT molecular complexity index is 443. The molecule has 104 valence electrons. The van der Waals surface area contributed by atoms with E-state index in [9.17, 15) is 4.79 Å². The molecule has 1 rings (SSSR count). The van der Waals surface area contributed by atoms with Gasteiger partial charge >= 0.3 is 0 Å². The van der Waals surface area contributed by atoms with E-state index in [1.807, 2.05) is 12.1 Å². The number of primary amides is 1. The minimum atomic E-state index is -0.410. The van der Waals surface area contributed by atoms with E-state index >= 15 is 0 Å². The zero-order valence-corrected chi connectivity index (χ0v) is 11.6. The molecule has 0 aliphatic heterocycles. The maximum absolute atomic E-state index is 11.1. The molecule has 0 aromatic heterocycles. The number of amides is 1. The smallest absolute Gasteiger partial charge is 0.248 e. The Morgan fingerprint density at radius 1 is 1.37 bits per heavy atom. The molecule has 0 bridgehead atoms. The van der Waals surface area contributed by atoms with Gasteiger partial charge in [-0.15, -0.1) is 0 Å². The van der Waals surface area contributed by atoms with Crippen LogP contribution in [0.4, 0.5) is 0 Å². The topological polar surface area (TPSA) is 79.5 Å². The molecule has 4 N–H and O–H groups in total. The molecule has 0 aliphatic carbocycles. The van der Waals surface area contributed by atoms with Gasteiger partial charge in [-0.1, -0.05) is 25.5 Å². The zero-order valence-electron chi connectivity index (χ0n) is 11.6. The Kier molecular flexibility index (Phi) is 6.43. The van der Waals surface area contributed by atoms with E-state index in [0.717, 1.165) is 30.9 Å². The van der Waals surface area contributed by atoms with E-state index in [-0.39, 0.29) is 0 Å². The lowest BCUT2D eigenvalue weighted by atomic mass is 10.1. The van der Waals surface area contributed by atoms with E-state index in [2.05, 4.69) is 22.5 Å². The molecule has 0 radical (unpaired) electrons. The Morgan fingerprint density at radius 3 is 2.79 bits per heavy atom. The van der Waals surface area contributed by atoms with Crippen LogP contribution in [-0.2, 0) is 6.54 Å². The average Bonchev–Trinajstić information content (AvgIpc) is 2.43. The van der Waals surface area contributed by atoms with Crippen molar-refractivity contribution in [3.63, 3.8) is 0 Å². The minimum absolute atomic E-state index is 0.410. The summed E-state index contributed by atoms with van der Waals surface area (Å²) in [6.45, 7) is 3.65. The average molecular weight is 262 g/mol. The van der Waals surface area contributed by atoms with Crippen molar-refractivity contribution >= 4 is 11.9 Å². The van der Waals surface area contributed by atoms with Gasteiger partial charge in [-0.25, -0.2) is 0 Å². The Morgan fingerprint density at radius 2 is 2.16 bits per heavy atom. The van der Waals surface area contributed by atoms with E-state index in [1.54, 1.807) is 19.2 Å². The third-order valence-electron chi connectivity index (χ3n) is 2.72. The van der Waals surface area contributed by atoms with Gasteiger partial charge in [0.05, 0.1) is 0 Å². The number of benzene rings is 1. The van der Waals surface area contributed by atoms with Crippen LogP contribution in [0.2, 0.25) is 0 Å². The Balaban J connectivity index is 2.50. The summed E-state index contributed by atoms with van der Waals surface area (Å²) < 4.78 is 0. The van der Waals surface area contributed by atoms with Crippen LogP contribution >= 0.6 is 0 Å². The number of nitrogens with zero attached hydrogens (tertiary/aromatic N) is 1. The molecule has 0 atom stereocenters. The van der Waals surface area contributed by atoms with Crippen molar-refractivity contribution in [1.82, 2.24) is 10.6 Å². The van der Waals surface area contributed by atoms with Crippen LogP contribution in [0.5, 0.6) is 0 Å². The summed E-state index contributed by atoms with van der Waals surface area (Å²) in [7, 11) is 1.74. The second-order valence-corrected chi connectivity index (χ2v) is 4.27. The molecule has 0 aliphatic rings. The second kappa shape index (κ2) is 8.13. The first kappa shape index (κ1) is 15.0. The molecule has 1 aromatic rings. The van der Waals surface area contributed by atoms with Crippen LogP contribution in [0.3, 0.4) is 0 Å². The van der Waals surface area contributed by atoms with Gasteiger partial charge in [-0.3, -0.25) is 9.79 Å². The fourth-order valence-corrected chi connectivity index (χ4v) is 1.62. The van der Waals surface area contributed by atoms with E-state index in [4.69, 9.17) is 5.73 Å². The van der Waals surface area contributed by atoms with Crippen LogP contribution in [0, 0.1) is 0 Å². The van der Waals surface area contributed by atoms with Gasteiger partial charge < -0.3 is 16.4 Å². The second-order valence-electron chi connectivity index (χ2n) is 4.27. The molecular formula is C14H22N4O. The maximum atomic E-state index is 11.1. The normalized spacial score (nSPS) is 11.2. The van der Waals surface area contributed by atoms with E-state index in [1.165, 1.54) is 0 Å². The maximum Gasteiger partial charge on any atom is 0.248 e. The monoisotopic (exact) mass is 262 g/mol. The predicted molar refractivity (Wildman–Crippen MR) is 78.1 cm³/mol. The molecule has 0 saturated carbocycles. The number of guanidine groups is 1. The van der Waals surface area contributed by atoms with Crippen molar-refractivity contribution in [1.29, 1.82) is 0 Å². The molecular weight excluding hydrogens is 240 g/mol. The lowest BCUT2D eigenvalue weighted by molar-refractivity contribution is 0.1000. The highest BCUT2D eigenvalue weighted by Gasteiger charge is 2.02. The number of aliphatic imine (C=N–C) groups is 1. The van der Waals surface area contributed by atoms with Gasteiger partial charge in [-0.05, 0) is 24.1 Å². The van der Waals surface area contributed by atoms with E-state index < -0.39 is 5.91 Å². The third kappa shape index (κ3) is 5.42. The van der Waals surface area contributed by atoms with Crippen LogP contribution in [0.15, 0.2) is 29.3 Å². The molecule has 0 fully saturated rings. The van der Waals surface area contributed by atoms with Crippen LogP contribution in [0.1, 0.15) is 35.7 Å². The lowest BCUT2D eigenvalue weighted by Gasteiger charge is -2.11. The molecule has 19 heavy (non-hydrogen) atoms. The molecule has 1 amide bonds. The number of nitrogens with one attached hydrogen (secondary N) is 2. The summed E-state index contributed by atoms with van der Waals surface area (Å²) >= 11 is 0. The first-order valence-corrected chi connectivity index (χ1v) is 6.50. The van der Waals surface area contributed by atoms with Crippen molar-refractivity contribution < 1.29 is 4.79 Å². The highest BCUT2D eigenvalue weighted by Crippen LogP contribution is 2.04. The predicted octanol–water partition coefficient (Wildman–Crippen LogP) is 1.25. The number of nitrogens with two attached hydrogens (primary N) is 1. The number of rotatable bonds is 6. The first-order valence-electron chi connectivity index (χ1n) is 6.50. The fourth-order valence-electron chi connectivity index (χ4n) is 1.62. The summed E-state index contributed by atoms with van der Waals surface area (Å²) in [5.41, 5.74) is 6.77. The Hall–Kier alpha value is -2.04. The van der Waals surface area contributed by atoms with Gasteiger partial charge in [0.25, 0.3) is 0 Å². The first-order chi connectivity index (χ1) is 9.17. The van der Waals surface area contributed by atoms with Crippen LogP contribution in [0.25, 0.3) is 0 Å². The van der Waals surface area contributed by atoms with Crippen molar-refractivity contribution in [2.24, 2.45) is 10.7 Å². The number of hydrogen-bond acceptors (Lipinski definition) is 2. The standard InChI is InChI=1S/C14H22N4O/c1-3-4-8-17-14(16-2)18-10-11-6-5-7-12(9-11)13(15)19/h5-7,9H,3-4,8,10H2,1-2H3,(H2,15,19)(H2,16,17,18). The molecule has 1 aromatic carbocycles. The number of carbonyl (C=O) groups is 1. The van der Waals surface area contributed by atoms with Gasteiger partial charge in [0.1, 0.15) is 0 Å². The molecule has 0 spiro atoms. The SMILES string of the molecule is CCCCNC(=NC)NCc1cccc(C(N)=O)c1. The summed E-state index contributed by atoms with van der Waals surface area (Å²) in [6.07, 6.45) is 2.25. The lowest BCUT2D eigenvalue weighted by Crippen LogP contribution is -2.37. The fraction of sp³-hybridized carbons (Fsp3) is 0.429. The molecule has 5 nitrogen and oxygen atoms in total. The highest BCUT2D eigenvalue weighted by molar-refractivity contribution is 5.92. The summed E-state index contributed by atoms with van der Waals surface area (Å²) in [5, 5.41) is 6.42. The van der Waals surface area contributed by atoms with Gasteiger partial charge in [0, 0.05) is 25.7 Å². The van der Waals surface area contributed by atoms with Crippen molar-refractivity contribution in [2.75, 3.05) is 13.6 Å². The molecule has 0 heterocycles. The van der Waals surface area contributed by atoms with Gasteiger partial charge in [0.15, 0.2) is 5.96 Å². The van der Waals surface area contributed by atoms with Crippen LogP contribution < -0.4 is 16.4 Å². The largest absolute Gasteiger partial charge is 0.366 e. The van der Waals surface area contributed by atoms with Gasteiger partial charge in [-0.2, -0.15) is 0 Å². The van der Waals surface area contributed by atoms with E-state index in [0.29, 0.717) is 12.1 Å². The third-order valence-corrected chi connectivity index (χ3v) is 2.72. The summed E-state index contributed by atoms with van der Waals surface area (Å²) in [5.74, 6) is 0.352. The van der Waals surface area contributed by atoms with Crippen molar-refractivity contribution in [3.8, 4) is 0 Å². The number of unbranched alkanes of at least 4 members (excludes halogenated alkanes) is 1.